The minimum Gasteiger partial charge on any atom is -0.360 e. The maximum absolute atomic E-state index is 10.7. The standard InChI is InChI=1S/C8H10O5S/c1-6-4-3-5-8(7(6)2)12-14(10,11)13-9/h3-5,9H,1-2H3. The topological polar surface area (TPSA) is 72.8 Å². The highest BCUT2D eigenvalue weighted by Gasteiger charge is 2.14. The highest BCUT2D eigenvalue weighted by atomic mass is 32.3. The molecule has 0 atom stereocenters. The third-order valence-electron chi connectivity index (χ3n) is 1.84. The van der Waals surface area contributed by atoms with Gasteiger partial charge in [-0.3, -0.25) is 0 Å². The molecule has 6 heteroatoms. The van der Waals surface area contributed by atoms with Crippen LogP contribution in [0.1, 0.15) is 11.1 Å². The Bertz CT molecular complexity index is 423. The molecule has 0 amide bonds. The van der Waals surface area contributed by atoms with Crippen LogP contribution >= 0.6 is 0 Å². The lowest BCUT2D eigenvalue weighted by Gasteiger charge is -2.07. The summed E-state index contributed by atoms with van der Waals surface area (Å²) in [5, 5.41) is 8.00. The van der Waals surface area contributed by atoms with Crippen molar-refractivity contribution in [3.05, 3.63) is 29.3 Å². The van der Waals surface area contributed by atoms with E-state index in [-0.39, 0.29) is 5.75 Å². The lowest BCUT2D eigenvalue weighted by Crippen LogP contribution is -2.11. The van der Waals surface area contributed by atoms with Gasteiger partial charge in [0.1, 0.15) is 5.75 Å². The fraction of sp³-hybridized carbons (Fsp3) is 0.250. The number of hydrogen-bond donors (Lipinski definition) is 1. The van der Waals surface area contributed by atoms with Crippen LogP contribution in [0.25, 0.3) is 0 Å². The third-order valence-corrected chi connectivity index (χ3v) is 2.40. The van der Waals surface area contributed by atoms with Crippen molar-refractivity contribution in [3.8, 4) is 5.75 Å². The van der Waals surface area contributed by atoms with E-state index in [2.05, 4.69) is 8.52 Å². The van der Waals surface area contributed by atoms with Crippen LogP contribution in [0.2, 0.25) is 0 Å². The highest BCUT2D eigenvalue weighted by Crippen LogP contribution is 2.22. The van der Waals surface area contributed by atoms with Gasteiger partial charge in [0.15, 0.2) is 0 Å². The van der Waals surface area contributed by atoms with E-state index in [0.717, 1.165) is 5.56 Å². The van der Waals surface area contributed by atoms with Gasteiger partial charge in [-0.2, -0.15) is 8.42 Å². The van der Waals surface area contributed by atoms with Crippen LogP contribution < -0.4 is 4.18 Å². The monoisotopic (exact) mass is 218 g/mol. The molecule has 5 nitrogen and oxygen atoms in total. The summed E-state index contributed by atoms with van der Waals surface area (Å²) in [6.45, 7) is 3.52. The molecule has 1 aromatic rings. The van der Waals surface area contributed by atoms with Gasteiger partial charge in [0.25, 0.3) is 0 Å². The lowest BCUT2D eigenvalue weighted by molar-refractivity contribution is -0.138. The maximum Gasteiger partial charge on any atom is 0.476 e. The van der Waals surface area contributed by atoms with Gasteiger partial charge in [-0.1, -0.05) is 16.5 Å². The molecule has 0 aromatic heterocycles. The Morgan fingerprint density at radius 2 is 1.93 bits per heavy atom. The van der Waals surface area contributed by atoms with Gasteiger partial charge < -0.3 is 4.18 Å². The first-order chi connectivity index (χ1) is 6.46. The SMILES string of the molecule is Cc1cccc(OS(=O)(=O)OO)c1C. The Morgan fingerprint density at radius 1 is 1.29 bits per heavy atom. The molecule has 0 unspecified atom stereocenters. The Labute approximate surface area is 82.2 Å². The van der Waals surface area contributed by atoms with Gasteiger partial charge in [0, 0.05) is 0 Å². The van der Waals surface area contributed by atoms with Crippen molar-refractivity contribution in [3.63, 3.8) is 0 Å². The Balaban J connectivity index is 3.05. The quantitative estimate of drug-likeness (QED) is 0.613. The van der Waals surface area contributed by atoms with Crippen molar-refractivity contribution in [2.45, 2.75) is 13.8 Å². The molecule has 0 saturated heterocycles. The predicted octanol–water partition coefficient (Wildman–Crippen LogP) is 1.42. The normalized spacial score (nSPS) is 11.4. The average Bonchev–Trinajstić information content (AvgIpc) is 2.13. The van der Waals surface area contributed by atoms with E-state index in [4.69, 9.17) is 5.26 Å². The molecule has 0 heterocycles. The van der Waals surface area contributed by atoms with Gasteiger partial charge in [0.05, 0.1) is 0 Å². The first kappa shape index (κ1) is 11.0. The second-order valence-electron chi connectivity index (χ2n) is 2.76. The fourth-order valence-corrected chi connectivity index (χ4v) is 1.37. The first-order valence-corrected chi connectivity index (χ1v) is 5.13. The number of benzene rings is 1. The molecule has 1 N–H and O–H groups in total. The zero-order chi connectivity index (χ0) is 10.8. The molecular formula is C8H10O5S. The van der Waals surface area contributed by atoms with E-state index in [0.29, 0.717) is 5.56 Å². The van der Waals surface area contributed by atoms with E-state index in [1.165, 1.54) is 6.07 Å². The molecule has 0 radical (unpaired) electrons. The largest absolute Gasteiger partial charge is 0.476 e. The minimum atomic E-state index is -4.36. The molecular weight excluding hydrogens is 208 g/mol. The minimum absolute atomic E-state index is 0.138. The molecule has 0 spiro atoms. The van der Waals surface area contributed by atoms with Gasteiger partial charge in [0.2, 0.25) is 0 Å². The van der Waals surface area contributed by atoms with Gasteiger partial charge >= 0.3 is 10.4 Å². The molecule has 0 aliphatic carbocycles. The van der Waals surface area contributed by atoms with E-state index >= 15 is 0 Å². The van der Waals surface area contributed by atoms with Crippen LogP contribution in [-0.2, 0) is 14.7 Å². The summed E-state index contributed by atoms with van der Waals surface area (Å²) in [5.74, 6) is 0.138. The van der Waals surface area contributed by atoms with Crippen molar-refractivity contribution in [2.75, 3.05) is 0 Å². The second-order valence-corrected chi connectivity index (χ2v) is 3.90. The summed E-state index contributed by atoms with van der Waals surface area (Å²) >= 11 is 0. The summed E-state index contributed by atoms with van der Waals surface area (Å²) < 4.78 is 29.1. The maximum atomic E-state index is 10.7. The predicted molar refractivity (Wildman–Crippen MR) is 49.2 cm³/mol. The van der Waals surface area contributed by atoms with E-state index in [1.54, 1.807) is 13.0 Å². The molecule has 0 saturated carbocycles. The van der Waals surface area contributed by atoms with E-state index < -0.39 is 10.4 Å². The molecule has 0 aliphatic heterocycles. The number of hydrogen-bond acceptors (Lipinski definition) is 5. The number of rotatable bonds is 3. The Hall–Kier alpha value is -1.11. The van der Waals surface area contributed by atoms with Crippen LogP contribution in [-0.4, -0.2) is 13.7 Å². The molecule has 0 bridgehead atoms. The van der Waals surface area contributed by atoms with Crippen LogP contribution in [0, 0.1) is 13.8 Å². The van der Waals surface area contributed by atoms with Crippen molar-refractivity contribution in [1.29, 1.82) is 0 Å². The summed E-state index contributed by atoms with van der Waals surface area (Å²) in [5.41, 5.74) is 1.56. The van der Waals surface area contributed by atoms with Crippen molar-refractivity contribution in [2.24, 2.45) is 0 Å². The van der Waals surface area contributed by atoms with Crippen LogP contribution in [0.4, 0.5) is 0 Å². The summed E-state index contributed by atoms with van der Waals surface area (Å²) in [6.07, 6.45) is 0. The van der Waals surface area contributed by atoms with Gasteiger partial charge in [-0.25, -0.2) is 5.26 Å². The smallest absolute Gasteiger partial charge is 0.360 e. The van der Waals surface area contributed by atoms with Crippen LogP contribution in [0.3, 0.4) is 0 Å². The Kier molecular flexibility index (Phi) is 3.10. The molecule has 78 valence electrons. The van der Waals surface area contributed by atoms with E-state index in [9.17, 15) is 8.42 Å². The fourth-order valence-electron chi connectivity index (χ4n) is 0.940. The van der Waals surface area contributed by atoms with Crippen molar-refractivity contribution < 1.29 is 22.2 Å². The zero-order valence-corrected chi connectivity index (χ0v) is 8.54. The van der Waals surface area contributed by atoms with Gasteiger partial charge in [-0.15, -0.1) is 0 Å². The van der Waals surface area contributed by atoms with E-state index in [1.807, 2.05) is 13.0 Å². The van der Waals surface area contributed by atoms with Crippen molar-refractivity contribution >= 4 is 10.4 Å². The van der Waals surface area contributed by atoms with Crippen LogP contribution in [0.15, 0.2) is 18.2 Å². The molecule has 1 rings (SSSR count). The second kappa shape index (κ2) is 3.95. The van der Waals surface area contributed by atoms with Gasteiger partial charge in [-0.05, 0) is 31.0 Å². The van der Waals surface area contributed by atoms with Crippen molar-refractivity contribution in [1.82, 2.24) is 0 Å². The highest BCUT2D eigenvalue weighted by molar-refractivity contribution is 7.82. The summed E-state index contributed by atoms with van der Waals surface area (Å²) in [4.78, 5) is 0. The first-order valence-electron chi connectivity index (χ1n) is 3.80. The molecule has 0 aliphatic rings. The zero-order valence-electron chi connectivity index (χ0n) is 7.72. The van der Waals surface area contributed by atoms with Crippen LogP contribution in [0.5, 0.6) is 5.75 Å². The molecule has 0 fully saturated rings. The number of aryl methyl sites for hydroxylation is 1. The third kappa shape index (κ3) is 2.44. The summed E-state index contributed by atoms with van der Waals surface area (Å²) in [7, 11) is -4.36. The summed E-state index contributed by atoms with van der Waals surface area (Å²) in [6, 6.07) is 4.93. The Morgan fingerprint density at radius 3 is 2.50 bits per heavy atom. The molecule has 14 heavy (non-hydrogen) atoms. The molecule has 1 aromatic carbocycles. The average molecular weight is 218 g/mol. The lowest BCUT2D eigenvalue weighted by atomic mass is 10.1.